The number of halogens is 4. The summed E-state index contributed by atoms with van der Waals surface area (Å²) in [5, 5.41) is 0. The van der Waals surface area contributed by atoms with E-state index in [0.717, 1.165) is 12.1 Å². The fourth-order valence-corrected chi connectivity index (χ4v) is 1.14. The van der Waals surface area contributed by atoms with Crippen molar-refractivity contribution in [2.75, 3.05) is 6.61 Å². The van der Waals surface area contributed by atoms with E-state index in [-0.39, 0.29) is 18.6 Å². The van der Waals surface area contributed by atoms with Gasteiger partial charge < -0.3 is 4.84 Å². The van der Waals surface area contributed by atoms with Gasteiger partial charge in [0.1, 0.15) is 5.82 Å². The molecule has 2 nitrogen and oxygen atoms in total. The maximum Gasteiger partial charge on any atom is 0.416 e. The second-order valence-electron chi connectivity index (χ2n) is 2.97. The first-order chi connectivity index (χ1) is 6.93. The van der Waals surface area contributed by atoms with Crippen molar-refractivity contribution in [2.45, 2.75) is 12.6 Å². The molecular weight excluding hydrogens is 214 g/mol. The van der Waals surface area contributed by atoms with Gasteiger partial charge in [-0.25, -0.2) is 10.3 Å². The third kappa shape index (κ3) is 3.49. The minimum Gasteiger partial charge on any atom is -0.304 e. The summed E-state index contributed by atoms with van der Waals surface area (Å²) in [5.41, 5.74) is -0.803. The molecule has 1 aromatic carbocycles. The Kier molecular flexibility index (Phi) is 3.65. The van der Waals surface area contributed by atoms with Gasteiger partial charge in [0.25, 0.3) is 0 Å². The van der Waals surface area contributed by atoms with Crippen LogP contribution in [0.15, 0.2) is 18.2 Å². The molecule has 0 heterocycles. The zero-order valence-electron chi connectivity index (χ0n) is 7.64. The van der Waals surface area contributed by atoms with Gasteiger partial charge in [-0.3, -0.25) is 0 Å². The van der Waals surface area contributed by atoms with Crippen LogP contribution in [-0.2, 0) is 17.4 Å². The fourth-order valence-electron chi connectivity index (χ4n) is 1.14. The topological polar surface area (TPSA) is 35.2 Å². The molecule has 0 aliphatic carbocycles. The lowest BCUT2D eigenvalue weighted by Gasteiger charge is -2.08. The molecule has 0 saturated heterocycles. The Hall–Kier alpha value is -1.14. The Labute approximate surface area is 83.6 Å². The third-order valence-electron chi connectivity index (χ3n) is 1.79. The lowest BCUT2D eigenvalue weighted by Crippen LogP contribution is -2.08. The SMILES string of the molecule is NOCCc1cc(F)cc(C(F)(F)F)c1. The van der Waals surface area contributed by atoms with Crippen LogP contribution in [0.1, 0.15) is 11.1 Å². The van der Waals surface area contributed by atoms with Crippen molar-refractivity contribution in [1.29, 1.82) is 0 Å². The van der Waals surface area contributed by atoms with E-state index in [1.807, 2.05) is 0 Å². The highest BCUT2D eigenvalue weighted by atomic mass is 19.4. The maximum atomic E-state index is 12.8. The molecule has 1 rings (SSSR count). The van der Waals surface area contributed by atoms with Crippen LogP contribution < -0.4 is 5.90 Å². The van der Waals surface area contributed by atoms with Gasteiger partial charge in [-0.1, -0.05) is 0 Å². The van der Waals surface area contributed by atoms with E-state index in [9.17, 15) is 17.6 Å². The van der Waals surface area contributed by atoms with Gasteiger partial charge in [0.15, 0.2) is 0 Å². The van der Waals surface area contributed by atoms with E-state index in [1.165, 1.54) is 0 Å². The molecule has 0 radical (unpaired) electrons. The predicted octanol–water partition coefficient (Wildman–Crippen LogP) is 2.28. The van der Waals surface area contributed by atoms with Crippen molar-refractivity contribution in [2.24, 2.45) is 5.90 Å². The maximum absolute atomic E-state index is 12.8. The highest BCUT2D eigenvalue weighted by Crippen LogP contribution is 2.30. The molecule has 84 valence electrons. The second kappa shape index (κ2) is 4.59. The van der Waals surface area contributed by atoms with Gasteiger partial charge in [0.2, 0.25) is 0 Å². The summed E-state index contributed by atoms with van der Waals surface area (Å²) >= 11 is 0. The van der Waals surface area contributed by atoms with Crippen LogP contribution in [-0.4, -0.2) is 6.61 Å². The van der Waals surface area contributed by atoms with Crippen molar-refractivity contribution in [3.63, 3.8) is 0 Å². The molecule has 15 heavy (non-hydrogen) atoms. The Bertz CT molecular complexity index is 337. The van der Waals surface area contributed by atoms with Crippen LogP contribution in [0, 0.1) is 5.82 Å². The molecule has 6 heteroatoms. The number of hydrogen-bond acceptors (Lipinski definition) is 2. The first-order valence-corrected chi connectivity index (χ1v) is 4.12. The van der Waals surface area contributed by atoms with Gasteiger partial charge in [0.05, 0.1) is 12.2 Å². The summed E-state index contributed by atoms with van der Waals surface area (Å²) in [6.45, 7) is 0.0424. The summed E-state index contributed by atoms with van der Waals surface area (Å²) in [6, 6.07) is 2.35. The largest absolute Gasteiger partial charge is 0.416 e. The molecular formula is C9H9F4NO. The molecule has 2 N–H and O–H groups in total. The number of rotatable bonds is 3. The first-order valence-electron chi connectivity index (χ1n) is 4.12. The van der Waals surface area contributed by atoms with Crippen molar-refractivity contribution >= 4 is 0 Å². The lowest BCUT2D eigenvalue weighted by atomic mass is 10.1. The summed E-state index contributed by atoms with van der Waals surface area (Å²) in [4.78, 5) is 4.21. The van der Waals surface area contributed by atoms with Crippen LogP contribution in [0.3, 0.4) is 0 Å². The van der Waals surface area contributed by atoms with E-state index in [1.54, 1.807) is 0 Å². The number of hydrogen-bond donors (Lipinski definition) is 1. The van der Waals surface area contributed by atoms with E-state index in [4.69, 9.17) is 5.90 Å². The van der Waals surface area contributed by atoms with E-state index >= 15 is 0 Å². The Balaban J connectivity index is 2.95. The van der Waals surface area contributed by atoms with Gasteiger partial charge >= 0.3 is 6.18 Å². The molecule has 0 aliphatic heterocycles. The molecule has 0 amide bonds. The van der Waals surface area contributed by atoms with Crippen LogP contribution >= 0.6 is 0 Å². The van der Waals surface area contributed by atoms with E-state index in [2.05, 4.69) is 4.84 Å². The highest BCUT2D eigenvalue weighted by Gasteiger charge is 2.31. The summed E-state index contributed by atoms with van der Waals surface area (Å²) in [6.07, 6.45) is -4.40. The first kappa shape index (κ1) is 11.9. The van der Waals surface area contributed by atoms with Crippen molar-refractivity contribution in [3.8, 4) is 0 Å². The van der Waals surface area contributed by atoms with Crippen LogP contribution in [0.5, 0.6) is 0 Å². The standard InChI is InChI=1S/C9H9F4NO/c10-8-4-6(1-2-15-14)3-7(5-8)9(11,12)13/h3-5H,1-2,14H2. The smallest absolute Gasteiger partial charge is 0.304 e. The normalized spacial score (nSPS) is 11.8. The predicted molar refractivity (Wildman–Crippen MR) is 45.2 cm³/mol. The fraction of sp³-hybridized carbons (Fsp3) is 0.333. The quantitative estimate of drug-likeness (QED) is 0.630. The Morgan fingerprint density at radius 1 is 1.20 bits per heavy atom. The van der Waals surface area contributed by atoms with Gasteiger partial charge in [-0.2, -0.15) is 13.2 Å². The summed E-state index contributed by atoms with van der Waals surface area (Å²) in [5.74, 6) is 3.80. The molecule has 0 aromatic heterocycles. The number of alkyl halides is 3. The van der Waals surface area contributed by atoms with Gasteiger partial charge in [0, 0.05) is 0 Å². The van der Waals surface area contributed by atoms with Crippen molar-refractivity contribution < 1.29 is 22.4 Å². The molecule has 0 bridgehead atoms. The van der Waals surface area contributed by atoms with Crippen LogP contribution in [0.4, 0.5) is 17.6 Å². The molecule has 0 atom stereocenters. The molecule has 0 spiro atoms. The average molecular weight is 223 g/mol. The lowest BCUT2D eigenvalue weighted by molar-refractivity contribution is -0.137. The highest BCUT2D eigenvalue weighted by molar-refractivity contribution is 5.26. The number of nitrogens with two attached hydrogens (primary N) is 1. The van der Waals surface area contributed by atoms with Crippen LogP contribution in [0.2, 0.25) is 0 Å². The summed E-state index contributed by atoms with van der Waals surface area (Å²) < 4.78 is 49.6. The monoisotopic (exact) mass is 223 g/mol. The Morgan fingerprint density at radius 2 is 1.87 bits per heavy atom. The molecule has 0 saturated carbocycles. The van der Waals surface area contributed by atoms with E-state index in [0.29, 0.717) is 6.07 Å². The minimum atomic E-state index is -4.54. The van der Waals surface area contributed by atoms with Gasteiger partial charge in [-0.15, -0.1) is 0 Å². The number of benzene rings is 1. The van der Waals surface area contributed by atoms with Crippen molar-refractivity contribution in [1.82, 2.24) is 0 Å². The molecule has 0 unspecified atom stereocenters. The molecule has 1 aromatic rings. The van der Waals surface area contributed by atoms with Crippen LogP contribution in [0.25, 0.3) is 0 Å². The third-order valence-corrected chi connectivity index (χ3v) is 1.79. The Morgan fingerprint density at radius 3 is 2.40 bits per heavy atom. The van der Waals surface area contributed by atoms with E-state index < -0.39 is 17.6 Å². The van der Waals surface area contributed by atoms with Crippen molar-refractivity contribution in [3.05, 3.63) is 35.1 Å². The molecule has 0 fully saturated rings. The zero-order chi connectivity index (χ0) is 11.5. The minimum absolute atomic E-state index is 0.0424. The zero-order valence-corrected chi connectivity index (χ0v) is 7.64. The average Bonchev–Trinajstić information content (AvgIpc) is 2.12. The second-order valence-corrected chi connectivity index (χ2v) is 2.97. The molecule has 0 aliphatic rings. The van der Waals surface area contributed by atoms with Gasteiger partial charge in [-0.05, 0) is 30.2 Å². The summed E-state index contributed by atoms with van der Waals surface area (Å²) in [7, 11) is 0.